The van der Waals surface area contributed by atoms with Crippen LogP contribution in [0.25, 0.3) is 6.08 Å². The molecule has 0 saturated carbocycles. The largest absolute Gasteiger partial charge is 0.465 e. The zero-order chi connectivity index (χ0) is 20.8. The second-order valence-electron chi connectivity index (χ2n) is 5.66. The summed E-state index contributed by atoms with van der Waals surface area (Å²) in [6, 6.07) is 12.5. The van der Waals surface area contributed by atoms with Gasteiger partial charge in [0.05, 0.1) is 18.9 Å². The van der Waals surface area contributed by atoms with Gasteiger partial charge in [-0.1, -0.05) is 6.07 Å². The third-order valence-electron chi connectivity index (χ3n) is 3.66. The topological polar surface area (TPSA) is 111 Å². The molecule has 0 radical (unpaired) electrons. The Morgan fingerprint density at radius 2 is 1.93 bits per heavy atom. The van der Waals surface area contributed by atoms with Crippen LogP contribution in [0.15, 0.2) is 74.0 Å². The van der Waals surface area contributed by atoms with Crippen molar-refractivity contribution in [2.75, 3.05) is 12.4 Å². The number of anilines is 1. The summed E-state index contributed by atoms with van der Waals surface area (Å²) < 4.78 is 15.5. The van der Waals surface area contributed by atoms with Gasteiger partial charge in [0.25, 0.3) is 11.8 Å². The highest BCUT2D eigenvalue weighted by Crippen LogP contribution is 2.16. The van der Waals surface area contributed by atoms with E-state index < -0.39 is 17.8 Å². The van der Waals surface area contributed by atoms with Gasteiger partial charge in [-0.15, -0.1) is 0 Å². The molecular formula is C20H15BrN2O6. The van der Waals surface area contributed by atoms with Gasteiger partial charge in [-0.05, 0) is 58.4 Å². The molecule has 1 aromatic carbocycles. The van der Waals surface area contributed by atoms with E-state index >= 15 is 0 Å². The fourth-order valence-electron chi connectivity index (χ4n) is 2.33. The third-order valence-corrected chi connectivity index (χ3v) is 4.09. The second-order valence-corrected chi connectivity index (χ2v) is 6.44. The summed E-state index contributed by atoms with van der Waals surface area (Å²) in [6.45, 7) is 0. The lowest BCUT2D eigenvalue weighted by Crippen LogP contribution is -2.30. The van der Waals surface area contributed by atoms with Gasteiger partial charge in [-0.25, -0.2) is 4.79 Å². The number of benzene rings is 1. The molecule has 0 saturated heterocycles. The molecule has 2 heterocycles. The molecule has 0 bridgehead atoms. The molecule has 8 nitrogen and oxygen atoms in total. The van der Waals surface area contributed by atoms with Gasteiger partial charge in [0.1, 0.15) is 11.5 Å². The number of methoxy groups -OCH3 is 1. The van der Waals surface area contributed by atoms with Crippen LogP contribution in [0.3, 0.4) is 0 Å². The maximum Gasteiger partial charge on any atom is 0.337 e. The van der Waals surface area contributed by atoms with Gasteiger partial charge >= 0.3 is 5.97 Å². The first-order valence-corrected chi connectivity index (χ1v) is 9.07. The van der Waals surface area contributed by atoms with Crippen molar-refractivity contribution in [2.24, 2.45) is 0 Å². The van der Waals surface area contributed by atoms with Gasteiger partial charge in [0.2, 0.25) is 0 Å². The number of ether oxygens (including phenoxy) is 1. The fourth-order valence-corrected chi connectivity index (χ4v) is 2.64. The van der Waals surface area contributed by atoms with Crippen molar-refractivity contribution in [3.8, 4) is 0 Å². The molecule has 0 spiro atoms. The van der Waals surface area contributed by atoms with E-state index in [2.05, 4.69) is 31.3 Å². The van der Waals surface area contributed by atoms with Crippen LogP contribution in [0.5, 0.6) is 0 Å². The standard InChI is InChI=1S/C20H15BrN2O6/c1-27-20(26)12-4-2-5-13(10-12)22-18(24)15(11-14-6-3-9-28-14)23-19(25)16-7-8-17(21)29-16/h2-11H,1H3,(H,22,24)(H,23,25)/b15-11-. The molecule has 9 heteroatoms. The number of hydrogen-bond donors (Lipinski definition) is 2. The molecule has 3 aromatic rings. The maximum atomic E-state index is 12.8. The van der Waals surface area contributed by atoms with E-state index in [-0.39, 0.29) is 17.0 Å². The highest BCUT2D eigenvalue weighted by atomic mass is 79.9. The van der Waals surface area contributed by atoms with Crippen LogP contribution >= 0.6 is 15.9 Å². The molecule has 0 aliphatic rings. The summed E-state index contributed by atoms with van der Waals surface area (Å²) in [4.78, 5) is 36.8. The summed E-state index contributed by atoms with van der Waals surface area (Å²) in [7, 11) is 1.26. The molecule has 0 fully saturated rings. The SMILES string of the molecule is COC(=O)c1cccc(NC(=O)/C(=C/c2ccco2)NC(=O)c2ccc(Br)o2)c1. The van der Waals surface area contributed by atoms with E-state index in [4.69, 9.17) is 8.83 Å². The van der Waals surface area contributed by atoms with Crippen molar-refractivity contribution in [1.82, 2.24) is 5.32 Å². The number of nitrogens with one attached hydrogen (secondary N) is 2. The molecular weight excluding hydrogens is 444 g/mol. The summed E-state index contributed by atoms with van der Waals surface area (Å²) in [5.41, 5.74) is 0.533. The van der Waals surface area contributed by atoms with Crippen molar-refractivity contribution >= 4 is 45.5 Å². The summed E-state index contributed by atoms with van der Waals surface area (Å²) in [6.07, 6.45) is 2.81. The van der Waals surface area contributed by atoms with Crippen molar-refractivity contribution in [1.29, 1.82) is 0 Å². The number of esters is 1. The Morgan fingerprint density at radius 1 is 1.10 bits per heavy atom. The van der Waals surface area contributed by atoms with E-state index in [1.54, 1.807) is 36.4 Å². The number of halogens is 1. The van der Waals surface area contributed by atoms with E-state index in [9.17, 15) is 14.4 Å². The number of carbonyl (C=O) groups is 3. The lowest BCUT2D eigenvalue weighted by molar-refractivity contribution is -0.113. The third kappa shape index (κ3) is 5.23. The molecule has 0 aliphatic heterocycles. The minimum Gasteiger partial charge on any atom is -0.465 e. The summed E-state index contributed by atoms with van der Waals surface area (Å²) in [5, 5.41) is 5.12. The second kappa shape index (κ2) is 9.07. The van der Waals surface area contributed by atoms with Gasteiger partial charge in [0.15, 0.2) is 10.4 Å². The lowest BCUT2D eigenvalue weighted by Gasteiger charge is -2.10. The quantitative estimate of drug-likeness (QED) is 0.428. The molecule has 0 unspecified atom stereocenters. The van der Waals surface area contributed by atoms with E-state index in [0.717, 1.165) is 0 Å². The number of hydrogen-bond acceptors (Lipinski definition) is 6. The van der Waals surface area contributed by atoms with Crippen LogP contribution in [0.4, 0.5) is 5.69 Å². The number of amides is 2. The van der Waals surface area contributed by atoms with Crippen LogP contribution in [-0.4, -0.2) is 24.9 Å². The predicted molar refractivity (Wildman–Crippen MR) is 107 cm³/mol. The monoisotopic (exact) mass is 458 g/mol. The molecule has 2 amide bonds. The van der Waals surface area contributed by atoms with Crippen LogP contribution < -0.4 is 10.6 Å². The first-order chi connectivity index (χ1) is 14.0. The maximum absolute atomic E-state index is 12.8. The number of rotatable bonds is 6. The fraction of sp³-hybridized carbons (Fsp3) is 0.0500. The summed E-state index contributed by atoms with van der Waals surface area (Å²) >= 11 is 3.12. The first kappa shape index (κ1) is 20.2. The van der Waals surface area contributed by atoms with Crippen molar-refractivity contribution in [2.45, 2.75) is 0 Å². The number of furan rings is 2. The highest BCUT2D eigenvalue weighted by molar-refractivity contribution is 9.10. The Hall–Kier alpha value is -3.59. The summed E-state index contributed by atoms with van der Waals surface area (Å²) in [5.74, 6) is -1.40. The van der Waals surface area contributed by atoms with Gasteiger partial charge in [-0.2, -0.15) is 0 Å². The van der Waals surface area contributed by atoms with Gasteiger partial charge in [0, 0.05) is 11.8 Å². The minimum atomic E-state index is -0.623. The zero-order valence-corrected chi connectivity index (χ0v) is 16.7. The normalized spacial score (nSPS) is 11.0. The molecule has 3 rings (SSSR count). The smallest absolute Gasteiger partial charge is 0.337 e. The van der Waals surface area contributed by atoms with Crippen molar-refractivity contribution < 1.29 is 28.0 Å². The molecule has 148 valence electrons. The van der Waals surface area contributed by atoms with E-state index in [1.807, 2.05) is 0 Å². The highest BCUT2D eigenvalue weighted by Gasteiger charge is 2.18. The first-order valence-electron chi connectivity index (χ1n) is 8.28. The molecule has 0 aliphatic carbocycles. The number of carbonyl (C=O) groups excluding carboxylic acids is 3. The Labute approximate surface area is 173 Å². The van der Waals surface area contributed by atoms with Crippen LogP contribution in [0.1, 0.15) is 26.7 Å². The molecule has 0 atom stereocenters. The van der Waals surface area contributed by atoms with Crippen LogP contribution in [-0.2, 0) is 9.53 Å². The molecule has 29 heavy (non-hydrogen) atoms. The zero-order valence-electron chi connectivity index (χ0n) is 15.1. The predicted octanol–water partition coefficient (Wildman–Crippen LogP) is 3.83. The lowest BCUT2D eigenvalue weighted by atomic mass is 10.2. The molecule has 2 N–H and O–H groups in total. The Balaban J connectivity index is 1.83. The van der Waals surface area contributed by atoms with Gasteiger partial charge < -0.3 is 24.2 Å². The Bertz CT molecular complexity index is 1070. The minimum absolute atomic E-state index is 0.0164. The molecule has 2 aromatic heterocycles. The van der Waals surface area contributed by atoms with Crippen LogP contribution in [0, 0.1) is 0 Å². The van der Waals surface area contributed by atoms with E-state index in [0.29, 0.717) is 16.1 Å². The van der Waals surface area contributed by atoms with Gasteiger partial charge in [-0.3, -0.25) is 9.59 Å². The average Bonchev–Trinajstić information content (AvgIpc) is 3.38. The Morgan fingerprint density at radius 3 is 2.59 bits per heavy atom. The van der Waals surface area contributed by atoms with Crippen LogP contribution in [0.2, 0.25) is 0 Å². The van der Waals surface area contributed by atoms with Crippen molar-refractivity contribution in [3.05, 3.63) is 82.2 Å². The van der Waals surface area contributed by atoms with Crippen molar-refractivity contribution in [3.63, 3.8) is 0 Å². The average molecular weight is 459 g/mol. The Kier molecular flexibility index (Phi) is 6.30. The van der Waals surface area contributed by atoms with E-state index in [1.165, 1.54) is 31.6 Å².